The van der Waals surface area contributed by atoms with Crippen molar-refractivity contribution in [2.24, 2.45) is 0 Å². The van der Waals surface area contributed by atoms with Crippen molar-refractivity contribution in [3.63, 3.8) is 0 Å². The maximum absolute atomic E-state index is 13.2. The number of fused-ring (bicyclic) bond motifs is 1. The Morgan fingerprint density at radius 2 is 1.86 bits per heavy atom. The highest BCUT2D eigenvalue weighted by Crippen LogP contribution is 2.43. The van der Waals surface area contributed by atoms with Gasteiger partial charge in [0.1, 0.15) is 0 Å². The van der Waals surface area contributed by atoms with Gasteiger partial charge in [0, 0.05) is 5.56 Å². The topological polar surface area (TPSA) is 70.8 Å². The molecular weight excluding hydrogens is 401 g/mol. The number of carbonyl (C=O) groups is 2. The molecule has 142 valence electrons. The molecule has 0 radical (unpaired) electrons. The molecule has 0 saturated heterocycles. The quantitative estimate of drug-likeness (QED) is 0.618. The van der Waals surface area contributed by atoms with E-state index in [1.54, 1.807) is 48.5 Å². The SMILES string of the molecule is O=C(CC1(O)C(=O)N(Cc2ccc(Cl)c(Cl)c2)c2ccccc21)c1ccco1. The fraction of sp³-hybridized carbons (Fsp3) is 0.143. The summed E-state index contributed by atoms with van der Waals surface area (Å²) in [5.41, 5.74) is -0.274. The zero-order valence-electron chi connectivity index (χ0n) is 14.6. The minimum atomic E-state index is -1.96. The molecule has 2 aromatic carbocycles. The van der Waals surface area contributed by atoms with Gasteiger partial charge in [-0.1, -0.05) is 47.5 Å². The van der Waals surface area contributed by atoms with Crippen LogP contribution < -0.4 is 4.90 Å². The zero-order chi connectivity index (χ0) is 19.9. The number of furan rings is 1. The summed E-state index contributed by atoms with van der Waals surface area (Å²) in [6.45, 7) is 0.185. The maximum Gasteiger partial charge on any atom is 0.264 e. The molecule has 0 aliphatic carbocycles. The van der Waals surface area contributed by atoms with E-state index in [0.717, 1.165) is 5.56 Å². The Morgan fingerprint density at radius 1 is 1.07 bits per heavy atom. The van der Waals surface area contributed by atoms with Gasteiger partial charge in [-0.2, -0.15) is 0 Å². The van der Waals surface area contributed by atoms with Gasteiger partial charge in [-0.15, -0.1) is 0 Å². The van der Waals surface area contributed by atoms with Crippen LogP contribution >= 0.6 is 23.2 Å². The van der Waals surface area contributed by atoms with Crippen LogP contribution in [0.15, 0.2) is 65.3 Å². The van der Waals surface area contributed by atoms with Crippen molar-refractivity contribution in [3.8, 4) is 0 Å². The number of halogens is 2. The number of para-hydroxylation sites is 1. The van der Waals surface area contributed by atoms with Crippen LogP contribution in [-0.4, -0.2) is 16.8 Å². The van der Waals surface area contributed by atoms with E-state index in [9.17, 15) is 14.7 Å². The first-order valence-corrected chi connectivity index (χ1v) is 9.30. The highest BCUT2D eigenvalue weighted by Gasteiger charge is 2.51. The third kappa shape index (κ3) is 3.11. The van der Waals surface area contributed by atoms with Crippen LogP contribution in [0.1, 0.15) is 28.1 Å². The van der Waals surface area contributed by atoms with Crippen molar-refractivity contribution in [1.29, 1.82) is 0 Å². The van der Waals surface area contributed by atoms with Gasteiger partial charge < -0.3 is 14.4 Å². The molecule has 1 unspecified atom stereocenters. The van der Waals surface area contributed by atoms with Crippen LogP contribution in [0, 0.1) is 0 Å². The third-order valence-electron chi connectivity index (χ3n) is 4.78. The summed E-state index contributed by atoms with van der Waals surface area (Å²) >= 11 is 12.0. The number of aliphatic hydroxyl groups is 1. The Hall–Kier alpha value is -2.60. The lowest BCUT2D eigenvalue weighted by atomic mass is 9.89. The summed E-state index contributed by atoms with van der Waals surface area (Å²) in [5.74, 6) is -0.923. The monoisotopic (exact) mass is 415 g/mol. The van der Waals surface area contributed by atoms with Crippen LogP contribution in [0.2, 0.25) is 10.0 Å². The van der Waals surface area contributed by atoms with Gasteiger partial charge in [-0.25, -0.2) is 0 Å². The zero-order valence-corrected chi connectivity index (χ0v) is 16.1. The van der Waals surface area contributed by atoms with Gasteiger partial charge in [0.05, 0.1) is 35.0 Å². The molecule has 1 atom stereocenters. The Bertz CT molecular complexity index is 1060. The third-order valence-corrected chi connectivity index (χ3v) is 5.52. The lowest BCUT2D eigenvalue weighted by molar-refractivity contribution is -0.136. The summed E-state index contributed by atoms with van der Waals surface area (Å²) < 4.78 is 5.11. The summed E-state index contributed by atoms with van der Waals surface area (Å²) in [6.07, 6.45) is 0.965. The average molecular weight is 416 g/mol. The Morgan fingerprint density at radius 3 is 2.57 bits per heavy atom. The molecule has 0 fully saturated rings. The molecule has 2 heterocycles. The van der Waals surface area contributed by atoms with Crippen LogP contribution in [0.3, 0.4) is 0 Å². The van der Waals surface area contributed by atoms with E-state index in [1.807, 2.05) is 0 Å². The van der Waals surface area contributed by atoms with Crippen molar-refractivity contribution >= 4 is 40.6 Å². The first kappa shape index (κ1) is 18.7. The normalized spacial score (nSPS) is 18.4. The van der Waals surface area contributed by atoms with E-state index < -0.39 is 23.7 Å². The van der Waals surface area contributed by atoms with E-state index in [4.69, 9.17) is 27.6 Å². The Labute approximate surface area is 171 Å². The fourth-order valence-corrected chi connectivity index (χ4v) is 3.73. The fourth-order valence-electron chi connectivity index (χ4n) is 3.41. The molecule has 1 N–H and O–H groups in total. The number of rotatable bonds is 5. The molecule has 3 aromatic rings. The van der Waals surface area contributed by atoms with Crippen LogP contribution in [0.4, 0.5) is 5.69 Å². The summed E-state index contributed by atoms with van der Waals surface area (Å²) in [6, 6.07) is 15.0. The molecule has 4 rings (SSSR count). The molecule has 1 aliphatic heterocycles. The number of anilines is 1. The summed E-state index contributed by atoms with van der Waals surface area (Å²) in [4.78, 5) is 27.1. The molecule has 28 heavy (non-hydrogen) atoms. The second-order valence-corrected chi connectivity index (χ2v) is 7.41. The van der Waals surface area contributed by atoms with Crippen molar-refractivity contribution < 1.29 is 19.1 Å². The average Bonchev–Trinajstić information content (AvgIpc) is 3.28. The maximum atomic E-state index is 13.2. The highest BCUT2D eigenvalue weighted by atomic mass is 35.5. The highest BCUT2D eigenvalue weighted by molar-refractivity contribution is 6.42. The number of ketones is 1. The minimum absolute atomic E-state index is 0.0987. The molecule has 5 nitrogen and oxygen atoms in total. The lowest BCUT2D eigenvalue weighted by Gasteiger charge is -2.22. The molecule has 1 aromatic heterocycles. The predicted octanol–water partition coefficient (Wildman–Crippen LogP) is 4.59. The predicted molar refractivity (Wildman–Crippen MR) is 106 cm³/mol. The van der Waals surface area contributed by atoms with Gasteiger partial charge in [0.25, 0.3) is 5.91 Å². The lowest BCUT2D eigenvalue weighted by Crippen LogP contribution is -2.41. The van der Waals surface area contributed by atoms with Crippen LogP contribution in [-0.2, 0) is 16.9 Å². The van der Waals surface area contributed by atoms with Crippen molar-refractivity contribution in [2.45, 2.75) is 18.6 Å². The molecule has 0 bridgehead atoms. The first-order chi connectivity index (χ1) is 13.4. The Balaban J connectivity index is 1.69. The van der Waals surface area contributed by atoms with E-state index in [2.05, 4.69) is 0 Å². The molecule has 0 spiro atoms. The van der Waals surface area contributed by atoms with E-state index in [-0.39, 0.29) is 12.3 Å². The van der Waals surface area contributed by atoms with Gasteiger partial charge in [-0.05, 0) is 35.9 Å². The minimum Gasteiger partial charge on any atom is -0.461 e. The first-order valence-electron chi connectivity index (χ1n) is 8.54. The number of Topliss-reactive ketones (excluding diaryl/α,β-unsaturated/α-hetero) is 1. The van der Waals surface area contributed by atoms with Crippen molar-refractivity contribution in [3.05, 3.63) is 87.8 Å². The van der Waals surface area contributed by atoms with E-state index in [1.165, 1.54) is 17.2 Å². The van der Waals surface area contributed by atoms with Gasteiger partial charge in [0.15, 0.2) is 11.4 Å². The molecule has 0 saturated carbocycles. The van der Waals surface area contributed by atoms with E-state index >= 15 is 0 Å². The Kier molecular flexibility index (Phi) is 4.75. The number of nitrogens with zero attached hydrogens (tertiary/aromatic N) is 1. The van der Waals surface area contributed by atoms with Gasteiger partial charge in [0.2, 0.25) is 5.78 Å². The number of amides is 1. The molecular formula is C21H15Cl2NO4. The smallest absolute Gasteiger partial charge is 0.264 e. The second-order valence-electron chi connectivity index (χ2n) is 6.59. The summed E-state index contributed by atoms with van der Waals surface area (Å²) in [7, 11) is 0. The standard InChI is InChI=1S/C21H15Cl2NO4/c22-15-8-7-13(10-16(15)23)12-24-17-5-2-1-4-14(17)21(27,20(24)26)11-18(25)19-6-3-9-28-19/h1-10,27H,11-12H2. The van der Waals surface area contributed by atoms with Gasteiger partial charge in [-0.3, -0.25) is 9.59 Å². The van der Waals surface area contributed by atoms with Crippen molar-refractivity contribution in [1.82, 2.24) is 0 Å². The number of carbonyl (C=O) groups excluding carboxylic acids is 2. The van der Waals surface area contributed by atoms with Crippen molar-refractivity contribution in [2.75, 3.05) is 4.90 Å². The van der Waals surface area contributed by atoms with E-state index in [0.29, 0.717) is 21.3 Å². The van der Waals surface area contributed by atoms with Gasteiger partial charge >= 0.3 is 0 Å². The second kappa shape index (κ2) is 7.09. The summed E-state index contributed by atoms with van der Waals surface area (Å²) in [5, 5.41) is 12.0. The molecule has 1 aliphatic rings. The van der Waals surface area contributed by atoms with Crippen LogP contribution in [0.5, 0.6) is 0 Å². The molecule has 7 heteroatoms. The number of benzene rings is 2. The number of hydrogen-bond donors (Lipinski definition) is 1. The van der Waals surface area contributed by atoms with Crippen LogP contribution in [0.25, 0.3) is 0 Å². The number of hydrogen-bond acceptors (Lipinski definition) is 4. The molecule has 1 amide bonds. The largest absolute Gasteiger partial charge is 0.461 e.